The summed E-state index contributed by atoms with van der Waals surface area (Å²) in [6.45, 7) is 5.32. The lowest BCUT2D eigenvalue weighted by Crippen LogP contribution is -2.40. The second-order valence-corrected chi connectivity index (χ2v) is 9.65. The smallest absolute Gasteiger partial charge is 0.338 e. The molecule has 3 heterocycles. The Hall–Kier alpha value is -3.17. The first kappa shape index (κ1) is 23.0. The Balaban J connectivity index is 2.02. The second kappa shape index (κ2) is 9.36. The molecule has 1 atom stereocenters. The summed E-state index contributed by atoms with van der Waals surface area (Å²) in [6.07, 6.45) is 1.52. The number of carbonyl (C=O) groups excluding carboxylic acids is 1. The first-order valence-electron chi connectivity index (χ1n) is 10.3. The lowest BCUT2D eigenvalue weighted by molar-refractivity contribution is -0.143. The number of rotatable bonds is 6. The van der Waals surface area contributed by atoms with E-state index in [0.717, 1.165) is 4.88 Å². The maximum atomic E-state index is 13.6. The summed E-state index contributed by atoms with van der Waals surface area (Å²) in [5.41, 5.74) is 1.18. The van der Waals surface area contributed by atoms with E-state index in [0.29, 0.717) is 37.7 Å². The molecule has 0 N–H and O–H groups in total. The monoisotopic (exact) mass is 484 g/mol. The van der Waals surface area contributed by atoms with Gasteiger partial charge in [0.1, 0.15) is 17.5 Å². The lowest BCUT2D eigenvalue weighted by atomic mass is 9.94. The van der Waals surface area contributed by atoms with Crippen molar-refractivity contribution in [3.05, 3.63) is 77.1 Å². The van der Waals surface area contributed by atoms with Crippen LogP contribution in [0.1, 0.15) is 37.3 Å². The van der Waals surface area contributed by atoms with Gasteiger partial charge in [-0.05, 0) is 56.5 Å². The predicted octanol–water partition coefficient (Wildman–Crippen LogP) is 3.27. The quantitative estimate of drug-likeness (QED) is 0.502. The second-order valence-electron chi connectivity index (χ2n) is 7.66. The van der Waals surface area contributed by atoms with Crippen molar-refractivity contribution in [2.45, 2.75) is 32.9 Å². The topological polar surface area (TPSA) is 79.1 Å². The number of hydrogen-bond acceptors (Lipinski definition) is 8. The SMILES string of the molecule is COc1ccc(OC)c(C2C(C(=O)OC(C)C)=C(C)N=c3s/c(=C/c4cccs4)c(=O)n32)c1. The molecule has 3 aromatic rings. The molecule has 0 radical (unpaired) electrons. The largest absolute Gasteiger partial charge is 0.497 e. The van der Waals surface area contributed by atoms with E-state index >= 15 is 0 Å². The highest BCUT2D eigenvalue weighted by molar-refractivity contribution is 7.11. The van der Waals surface area contributed by atoms with Crippen molar-refractivity contribution in [3.63, 3.8) is 0 Å². The van der Waals surface area contributed by atoms with E-state index in [9.17, 15) is 9.59 Å². The molecule has 0 fully saturated rings. The maximum Gasteiger partial charge on any atom is 0.338 e. The molecule has 7 nitrogen and oxygen atoms in total. The number of thiazole rings is 1. The van der Waals surface area contributed by atoms with Gasteiger partial charge >= 0.3 is 5.97 Å². The number of aromatic nitrogens is 1. The van der Waals surface area contributed by atoms with Gasteiger partial charge in [-0.2, -0.15) is 0 Å². The predicted molar refractivity (Wildman–Crippen MR) is 129 cm³/mol. The van der Waals surface area contributed by atoms with Gasteiger partial charge in [-0.15, -0.1) is 11.3 Å². The summed E-state index contributed by atoms with van der Waals surface area (Å²) in [5.74, 6) is 0.588. The first-order chi connectivity index (χ1) is 15.8. The van der Waals surface area contributed by atoms with Crippen molar-refractivity contribution in [1.29, 1.82) is 0 Å². The molecule has 0 bridgehead atoms. The molecule has 1 unspecified atom stereocenters. The fourth-order valence-corrected chi connectivity index (χ4v) is 5.48. The highest BCUT2D eigenvalue weighted by Gasteiger charge is 2.35. The van der Waals surface area contributed by atoms with Crippen LogP contribution >= 0.6 is 22.7 Å². The van der Waals surface area contributed by atoms with Gasteiger partial charge in [-0.25, -0.2) is 9.79 Å². The van der Waals surface area contributed by atoms with Crippen LogP contribution in [-0.2, 0) is 9.53 Å². The van der Waals surface area contributed by atoms with Gasteiger partial charge in [0.05, 0.1) is 36.1 Å². The minimum Gasteiger partial charge on any atom is -0.497 e. The third-order valence-electron chi connectivity index (χ3n) is 5.13. The fraction of sp³-hybridized carbons (Fsp3) is 0.292. The third-order valence-corrected chi connectivity index (χ3v) is 6.93. The average Bonchev–Trinajstić information content (AvgIpc) is 3.40. The Labute approximate surface area is 198 Å². The highest BCUT2D eigenvalue weighted by Crippen LogP contribution is 2.38. The molecule has 9 heteroatoms. The molecule has 172 valence electrons. The van der Waals surface area contributed by atoms with Gasteiger partial charge in [-0.1, -0.05) is 17.4 Å². The average molecular weight is 485 g/mol. The Morgan fingerprint density at radius 1 is 1.21 bits per heavy atom. The molecular weight excluding hydrogens is 460 g/mol. The van der Waals surface area contributed by atoms with Crippen LogP contribution in [0.15, 0.2) is 56.8 Å². The zero-order valence-corrected chi connectivity index (χ0v) is 20.6. The van der Waals surface area contributed by atoms with E-state index in [1.54, 1.807) is 69.1 Å². The van der Waals surface area contributed by atoms with E-state index in [1.807, 2.05) is 23.6 Å². The van der Waals surface area contributed by atoms with Gasteiger partial charge in [-0.3, -0.25) is 9.36 Å². The van der Waals surface area contributed by atoms with Crippen molar-refractivity contribution in [1.82, 2.24) is 4.57 Å². The number of nitrogens with zero attached hydrogens (tertiary/aromatic N) is 2. The van der Waals surface area contributed by atoms with E-state index in [2.05, 4.69) is 4.99 Å². The molecule has 2 aromatic heterocycles. The Morgan fingerprint density at radius 2 is 2.00 bits per heavy atom. The summed E-state index contributed by atoms with van der Waals surface area (Å²) in [5, 5.41) is 1.96. The normalized spacial score (nSPS) is 15.9. The molecule has 4 rings (SSSR count). The van der Waals surface area contributed by atoms with Gasteiger partial charge < -0.3 is 14.2 Å². The van der Waals surface area contributed by atoms with E-state index in [1.165, 1.54) is 11.3 Å². The molecule has 0 amide bonds. The zero-order valence-electron chi connectivity index (χ0n) is 18.9. The number of allylic oxidation sites excluding steroid dienone is 1. The molecule has 0 spiro atoms. The van der Waals surface area contributed by atoms with Crippen molar-refractivity contribution in [3.8, 4) is 11.5 Å². The van der Waals surface area contributed by atoms with E-state index in [4.69, 9.17) is 14.2 Å². The van der Waals surface area contributed by atoms with E-state index < -0.39 is 12.0 Å². The number of esters is 1. The number of benzene rings is 1. The summed E-state index contributed by atoms with van der Waals surface area (Å²) >= 11 is 2.83. The van der Waals surface area contributed by atoms with Crippen LogP contribution in [0.2, 0.25) is 0 Å². The van der Waals surface area contributed by atoms with Crippen molar-refractivity contribution < 1.29 is 19.0 Å². The number of methoxy groups -OCH3 is 2. The Kier molecular flexibility index (Phi) is 6.53. The Bertz CT molecular complexity index is 1400. The molecule has 33 heavy (non-hydrogen) atoms. The summed E-state index contributed by atoms with van der Waals surface area (Å²) in [4.78, 5) is 32.9. The van der Waals surface area contributed by atoms with Crippen LogP contribution in [0, 0.1) is 0 Å². The van der Waals surface area contributed by atoms with Gasteiger partial charge in [0.25, 0.3) is 5.56 Å². The molecule has 1 aliphatic rings. The zero-order chi connectivity index (χ0) is 23.7. The van der Waals surface area contributed by atoms with Gasteiger partial charge in [0.15, 0.2) is 4.80 Å². The summed E-state index contributed by atoms with van der Waals surface area (Å²) < 4.78 is 18.7. The Morgan fingerprint density at radius 3 is 2.64 bits per heavy atom. The molecule has 0 saturated heterocycles. The minimum absolute atomic E-state index is 0.232. The van der Waals surface area contributed by atoms with E-state index in [-0.39, 0.29) is 11.7 Å². The van der Waals surface area contributed by atoms with Crippen LogP contribution in [0.4, 0.5) is 0 Å². The molecule has 0 saturated carbocycles. The van der Waals surface area contributed by atoms with Crippen LogP contribution in [-0.4, -0.2) is 30.9 Å². The van der Waals surface area contributed by atoms with Gasteiger partial charge in [0.2, 0.25) is 0 Å². The number of fused-ring (bicyclic) bond motifs is 1. The molecule has 1 aliphatic heterocycles. The molecule has 0 aliphatic carbocycles. The number of carbonyl (C=O) groups is 1. The maximum absolute atomic E-state index is 13.6. The first-order valence-corrected chi connectivity index (χ1v) is 12.0. The van der Waals surface area contributed by atoms with Gasteiger partial charge in [0, 0.05) is 10.4 Å². The van der Waals surface area contributed by atoms with Crippen LogP contribution in [0.5, 0.6) is 11.5 Å². The number of thiophene rings is 1. The number of ether oxygens (including phenoxy) is 3. The standard InChI is InChI=1S/C24H24N2O5S2/c1-13(2)31-23(28)20-14(3)25-24-26(22(27)19(33-24)12-16-7-6-10-32-16)21(20)17-11-15(29-4)8-9-18(17)30-5/h6-13,21H,1-5H3/b19-12+. The molecule has 1 aromatic carbocycles. The highest BCUT2D eigenvalue weighted by atomic mass is 32.1. The fourth-order valence-electron chi connectivity index (χ4n) is 3.71. The summed E-state index contributed by atoms with van der Waals surface area (Å²) in [7, 11) is 3.11. The van der Waals surface area contributed by atoms with Crippen molar-refractivity contribution >= 4 is 34.7 Å². The van der Waals surface area contributed by atoms with Crippen LogP contribution in [0.3, 0.4) is 0 Å². The van der Waals surface area contributed by atoms with Crippen LogP contribution < -0.4 is 24.4 Å². The van der Waals surface area contributed by atoms with Crippen molar-refractivity contribution in [2.75, 3.05) is 14.2 Å². The lowest BCUT2D eigenvalue weighted by Gasteiger charge is -2.26. The molecular formula is C24H24N2O5S2. The minimum atomic E-state index is -0.775. The summed E-state index contributed by atoms with van der Waals surface area (Å²) in [6, 6.07) is 8.41. The van der Waals surface area contributed by atoms with Crippen LogP contribution in [0.25, 0.3) is 6.08 Å². The third kappa shape index (κ3) is 4.38. The number of hydrogen-bond donors (Lipinski definition) is 0. The van der Waals surface area contributed by atoms with Crippen molar-refractivity contribution in [2.24, 2.45) is 4.99 Å².